The lowest BCUT2D eigenvalue weighted by Crippen LogP contribution is -2.21. The average molecular weight is 296 g/mol. The standard InChI is InChI=1S/C15H15ClFNS/c16-15-9-12-13(5-6-14(12)19-15)18-8-7-10-1-3-11(17)4-2-10/h1-4,9,13,18H,5-8H2. The first-order valence-corrected chi connectivity index (χ1v) is 7.68. The summed E-state index contributed by atoms with van der Waals surface area (Å²) in [7, 11) is 0. The van der Waals surface area contributed by atoms with Gasteiger partial charge in [-0.1, -0.05) is 23.7 Å². The SMILES string of the molecule is Fc1ccc(CCNC2CCc3sc(Cl)cc32)cc1. The maximum atomic E-state index is 12.8. The highest BCUT2D eigenvalue weighted by Gasteiger charge is 2.24. The van der Waals surface area contributed by atoms with E-state index >= 15 is 0 Å². The Balaban J connectivity index is 1.55. The molecular formula is C15H15ClFNS. The van der Waals surface area contributed by atoms with Crippen LogP contribution in [0.1, 0.15) is 28.5 Å². The van der Waals surface area contributed by atoms with E-state index in [2.05, 4.69) is 11.4 Å². The molecule has 1 aliphatic rings. The smallest absolute Gasteiger partial charge is 0.123 e. The molecule has 0 fully saturated rings. The molecule has 0 spiro atoms. The molecule has 1 heterocycles. The van der Waals surface area contributed by atoms with Gasteiger partial charge in [-0.2, -0.15) is 0 Å². The Labute approximate surface area is 121 Å². The number of nitrogens with one attached hydrogen (secondary N) is 1. The van der Waals surface area contributed by atoms with Gasteiger partial charge in [-0.05, 0) is 55.1 Å². The fraction of sp³-hybridized carbons (Fsp3) is 0.333. The van der Waals surface area contributed by atoms with E-state index in [0.29, 0.717) is 6.04 Å². The lowest BCUT2D eigenvalue weighted by atomic mass is 10.1. The first-order chi connectivity index (χ1) is 9.22. The van der Waals surface area contributed by atoms with Crippen LogP contribution in [-0.4, -0.2) is 6.54 Å². The van der Waals surface area contributed by atoms with Crippen LogP contribution in [0, 0.1) is 5.82 Å². The number of hydrogen-bond donors (Lipinski definition) is 1. The van der Waals surface area contributed by atoms with Gasteiger partial charge in [0.1, 0.15) is 5.82 Å². The molecule has 1 unspecified atom stereocenters. The predicted octanol–water partition coefficient (Wildman–Crippen LogP) is 4.36. The largest absolute Gasteiger partial charge is 0.310 e. The molecule has 19 heavy (non-hydrogen) atoms. The van der Waals surface area contributed by atoms with Crippen molar-refractivity contribution in [1.29, 1.82) is 0 Å². The van der Waals surface area contributed by atoms with E-state index in [1.807, 2.05) is 12.1 Å². The van der Waals surface area contributed by atoms with Gasteiger partial charge in [-0.3, -0.25) is 0 Å². The quantitative estimate of drug-likeness (QED) is 0.884. The molecule has 4 heteroatoms. The first kappa shape index (κ1) is 13.1. The Morgan fingerprint density at radius 2 is 2.11 bits per heavy atom. The van der Waals surface area contributed by atoms with Crippen molar-refractivity contribution in [2.75, 3.05) is 6.54 Å². The molecule has 0 saturated carbocycles. The van der Waals surface area contributed by atoms with Crippen LogP contribution < -0.4 is 5.32 Å². The van der Waals surface area contributed by atoms with E-state index in [0.717, 1.165) is 35.7 Å². The normalized spacial score (nSPS) is 17.7. The van der Waals surface area contributed by atoms with E-state index in [9.17, 15) is 4.39 Å². The van der Waals surface area contributed by atoms with Crippen molar-refractivity contribution in [2.24, 2.45) is 0 Å². The first-order valence-electron chi connectivity index (χ1n) is 6.48. The lowest BCUT2D eigenvalue weighted by molar-refractivity contribution is 0.533. The summed E-state index contributed by atoms with van der Waals surface area (Å²) in [4.78, 5) is 1.42. The number of fused-ring (bicyclic) bond motifs is 1. The van der Waals surface area contributed by atoms with E-state index < -0.39 is 0 Å². The number of aryl methyl sites for hydroxylation is 1. The van der Waals surface area contributed by atoms with Crippen molar-refractivity contribution >= 4 is 22.9 Å². The Hall–Kier alpha value is -0.900. The zero-order valence-corrected chi connectivity index (χ0v) is 12.0. The van der Waals surface area contributed by atoms with Crippen LogP contribution >= 0.6 is 22.9 Å². The molecule has 0 saturated heterocycles. The summed E-state index contributed by atoms with van der Waals surface area (Å²) in [6.45, 7) is 0.906. The Kier molecular flexibility index (Phi) is 3.87. The van der Waals surface area contributed by atoms with Crippen molar-refractivity contribution in [3.8, 4) is 0 Å². The number of rotatable bonds is 4. The zero-order chi connectivity index (χ0) is 13.2. The van der Waals surface area contributed by atoms with Crippen LogP contribution in [0.3, 0.4) is 0 Å². The molecule has 0 bridgehead atoms. The molecule has 1 aromatic carbocycles. The maximum absolute atomic E-state index is 12.8. The third kappa shape index (κ3) is 2.99. The van der Waals surface area contributed by atoms with Crippen LogP contribution in [0.2, 0.25) is 4.34 Å². The third-order valence-corrected chi connectivity index (χ3v) is 4.90. The van der Waals surface area contributed by atoms with Gasteiger partial charge in [0, 0.05) is 10.9 Å². The Morgan fingerprint density at radius 1 is 1.32 bits per heavy atom. The topological polar surface area (TPSA) is 12.0 Å². The van der Waals surface area contributed by atoms with Gasteiger partial charge in [0.05, 0.1) is 4.34 Å². The van der Waals surface area contributed by atoms with Crippen LogP contribution in [0.5, 0.6) is 0 Å². The highest BCUT2D eigenvalue weighted by atomic mass is 35.5. The Morgan fingerprint density at radius 3 is 2.89 bits per heavy atom. The summed E-state index contributed by atoms with van der Waals surface area (Å²) in [6, 6.07) is 9.24. The van der Waals surface area contributed by atoms with E-state index in [1.165, 1.54) is 22.6 Å². The minimum atomic E-state index is -0.176. The van der Waals surface area contributed by atoms with Crippen LogP contribution in [-0.2, 0) is 12.8 Å². The monoisotopic (exact) mass is 295 g/mol. The molecule has 100 valence electrons. The summed E-state index contributed by atoms with van der Waals surface area (Å²) in [6.07, 6.45) is 3.20. The van der Waals surface area contributed by atoms with Gasteiger partial charge < -0.3 is 5.32 Å². The second-order valence-corrected chi connectivity index (χ2v) is 6.62. The van der Waals surface area contributed by atoms with Gasteiger partial charge in [0.25, 0.3) is 0 Å². The van der Waals surface area contributed by atoms with Gasteiger partial charge in [-0.25, -0.2) is 4.39 Å². The Bertz CT molecular complexity index is 564. The molecule has 0 radical (unpaired) electrons. The molecule has 1 nitrogen and oxygen atoms in total. The molecule has 0 aliphatic heterocycles. The highest BCUT2D eigenvalue weighted by Crippen LogP contribution is 2.39. The number of hydrogen-bond acceptors (Lipinski definition) is 2. The number of benzene rings is 1. The fourth-order valence-corrected chi connectivity index (χ4v) is 3.94. The average Bonchev–Trinajstić information content (AvgIpc) is 2.92. The van der Waals surface area contributed by atoms with Crippen molar-refractivity contribution in [2.45, 2.75) is 25.3 Å². The molecule has 1 N–H and O–H groups in total. The molecular weight excluding hydrogens is 281 g/mol. The van der Waals surface area contributed by atoms with Gasteiger partial charge >= 0.3 is 0 Å². The van der Waals surface area contributed by atoms with Crippen LogP contribution in [0.15, 0.2) is 30.3 Å². The van der Waals surface area contributed by atoms with E-state index in [1.54, 1.807) is 11.3 Å². The number of halogens is 2. The predicted molar refractivity (Wildman–Crippen MR) is 78.5 cm³/mol. The summed E-state index contributed by atoms with van der Waals surface area (Å²) < 4.78 is 13.7. The van der Waals surface area contributed by atoms with E-state index in [4.69, 9.17) is 11.6 Å². The van der Waals surface area contributed by atoms with Crippen molar-refractivity contribution in [3.05, 3.63) is 56.5 Å². The van der Waals surface area contributed by atoms with E-state index in [-0.39, 0.29) is 5.82 Å². The molecule has 1 atom stereocenters. The second-order valence-electron chi connectivity index (χ2n) is 4.85. The molecule has 0 amide bonds. The third-order valence-electron chi connectivity index (χ3n) is 3.56. The fourth-order valence-electron chi connectivity index (χ4n) is 2.58. The van der Waals surface area contributed by atoms with Crippen molar-refractivity contribution < 1.29 is 4.39 Å². The minimum absolute atomic E-state index is 0.176. The highest BCUT2D eigenvalue weighted by molar-refractivity contribution is 7.16. The van der Waals surface area contributed by atoms with Gasteiger partial charge in [0.2, 0.25) is 0 Å². The van der Waals surface area contributed by atoms with Crippen molar-refractivity contribution in [1.82, 2.24) is 5.32 Å². The molecule has 1 aliphatic carbocycles. The molecule has 2 aromatic rings. The van der Waals surface area contributed by atoms with Crippen molar-refractivity contribution in [3.63, 3.8) is 0 Å². The molecule has 1 aromatic heterocycles. The zero-order valence-electron chi connectivity index (χ0n) is 10.5. The second kappa shape index (κ2) is 5.61. The van der Waals surface area contributed by atoms with Crippen LogP contribution in [0.25, 0.3) is 0 Å². The minimum Gasteiger partial charge on any atom is -0.310 e. The summed E-state index contributed by atoms with van der Waals surface area (Å²) in [5.41, 5.74) is 2.53. The summed E-state index contributed by atoms with van der Waals surface area (Å²) in [5.74, 6) is -0.176. The number of thiophene rings is 1. The van der Waals surface area contributed by atoms with Crippen LogP contribution in [0.4, 0.5) is 4.39 Å². The van der Waals surface area contributed by atoms with Gasteiger partial charge in [0.15, 0.2) is 0 Å². The van der Waals surface area contributed by atoms with Gasteiger partial charge in [-0.15, -0.1) is 11.3 Å². The lowest BCUT2D eigenvalue weighted by Gasteiger charge is -2.12. The summed E-state index contributed by atoms with van der Waals surface area (Å²) in [5, 5.41) is 3.57. The molecule has 3 rings (SSSR count). The maximum Gasteiger partial charge on any atom is 0.123 e. The summed E-state index contributed by atoms with van der Waals surface area (Å²) >= 11 is 7.74.